The highest BCUT2D eigenvalue weighted by Gasteiger charge is 2.16. The van der Waals surface area contributed by atoms with Gasteiger partial charge in [-0.05, 0) is 50.2 Å². The number of halogens is 1. The van der Waals surface area contributed by atoms with Gasteiger partial charge in [-0.3, -0.25) is 5.01 Å². The third-order valence-electron chi connectivity index (χ3n) is 5.15. The lowest BCUT2D eigenvalue weighted by atomic mass is 10.2. The van der Waals surface area contributed by atoms with Gasteiger partial charge in [0.1, 0.15) is 0 Å². The van der Waals surface area contributed by atoms with Crippen LogP contribution in [0.3, 0.4) is 0 Å². The van der Waals surface area contributed by atoms with Gasteiger partial charge >= 0.3 is 0 Å². The Hall–Kier alpha value is -2.79. The molecule has 3 aromatic rings. The lowest BCUT2D eigenvalue weighted by Gasteiger charge is -2.34. The summed E-state index contributed by atoms with van der Waals surface area (Å²) in [6, 6.07) is 18.2. The molecular formula is C22H24ClN5. The number of aromatic nitrogens is 2. The molecule has 28 heavy (non-hydrogen) atoms. The Morgan fingerprint density at radius 1 is 0.893 bits per heavy atom. The summed E-state index contributed by atoms with van der Waals surface area (Å²) in [6.07, 6.45) is 1.95. The lowest BCUT2D eigenvalue weighted by Crippen LogP contribution is -2.44. The van der Waals surface area contributed by atoms with Crippen molar-refractivity contribution in [1.29, 1.82) is 0 Å². The van der Waals surface area contributed by atoms with Gasteiger partial charge in [0.2, 0.25) is 0 Å². The number of anilines is 1. The first-order valence-corrected chi connectivity index (χ1v) is 9.91. The van der Waals surface area contributed by atoms with Crippen LogP contribution in [-0.2, 0) is 0 Å². The first kappa shape index (κ1) is 18.6. The monoisotopic (exact) mass is 393 g/mol. The van der Waals surface area contributed by atoms with Crippen LogP contribution in [0.5, 0.6) is 0 Å². The van der Waals surface area contributed by atoms with Crippen LogP contribution >= 0.6 is 11.6 Å². The van der Waals surface area contributed by atoms with E-state index in [4.69, 9.17) is 21.8 Å². The van der Waals surface area contributed by atoms with E-state index in [-0.39, 0.29) is 0 Å². The smallest absolute Gasteiger partial charge is 0.0689 e. The van der Waals surface area contributed by atoms with Crippen LogP contribution in [0.2, 0.25) is 5.02 Å². The highest BCUT2D eigenvalue weighted by Crippen LogP contribution is 2.20. The van der Waals surface area contributed by atoms with E-state index in [1.54, 1.807) is 0 Å². The zero-order valence-corrected chi connectivity index (χ0v) is 17.0. The number of hydrogen-bond donors (Lipinski definition) is 0. The van der Waals surface area contributed by atoms with Gasteiger partial charge in [-0.1, -0.05) is 29.8 Å². The highest BCUT2D eigenvalue weighted by molar-refractivity contribution is 6.30. The number of para-hydroxylation sites is 1. The van der Waals surface area contributed by atoms with E-state index in [1.165, 1.54) is 5.69 Å². The fourth-order valence-electron chi connectivity index (χ4n) is 3.52. The zero-order valence-electron chi connectivity index (χ0n) is 16.2. The summed E-state index contributed by atoms with van der Waals surface area (Å²) in [7, 11) is 0. The standard InChI is InChI=1S/C22H24ClN5/c1-17-22(18(2)28(25-17)21-6-4-3-5-7-21)16-24-27-14-12-26(13-15-27)20-10-8-19(23)9-11-20/h3-11,16H,12-15H2,1-2H3. The van der Waals surface area contributed by atoms with E-state index in [2.05, 4.69) is 41.1 Å². The molecule has 0 N–H and O–H groups in total. The van der Waals surface area contributed by atoms with E-state index in [9.17, 15) is 0 Å². The van der Waals surface area contributed by atoms with E-state index in [1.807, 2.05) is 48.2 Å². The van der Waals surface area contributed by atoms with Gasteiger partial charge in [-0.15, -0.1) is 0 Å². The second-order valence-electron chi connectivity index (χ2n) is 6.99. The maximum absolute atomic E-state index is 5.99. The van der Waals surface area contributed by atoms with Crippen LogP contribution in [0, 0.1) is 13.8 Å². The van der Waals surface area contributed by atoms with E-state index < -0.39 is 0 Å². The van der Waals surface area contributed by atoms with Crippen LogP contribution in [-0.4, -0.2) is 47.2 Å². The molecule has 1 aromatic heterocycles. The lowest BCUT2D eigenvalue weighted by molar-refractivity contribution is 0.272. The molecule has 0 atom stereocenters. The molecule has 2 heterocycles. The Bertz CT molecular complexity index is 955. The van der Waals surface area contributed by atoms with Gasteiger partial charge in [-0.2, -0.15) is 10.2 Å². The topological polar surface area (TPSA) is 36.7 Å². The highest BCUT2D eigenvalue weighted by atomic mass is 35.5. The molecule has 0 amide bonds. The van der Waals surface area contributed by atoms with Gasteiger partial charge in [0.15, 0.2) is 0 Å². The quantitative estimate of drug-likeness (QED) is 0.620. The Labute approximate surface area is 170 Å². The maximum Gasteiger partial charge on any atom is 0.0689 e. The summed E-state index contributed by atoms with van der Waals surface area (Å²) >= 11 is 5.99. The van der Waals surface area contributed by atoms with Crippen LogP contribution < -0.4 is 4.90 Å². The Morgan fingerprint density at radius 3 is 2.25 bits per heavy atom. The predicted molar refractivity (Wildman–Crippen MR) is 116 cm³/mol. The summed E-state index contributed by atoms with van der Waals surface area (Å²) in [6.45, 7) is 7.80. The molecule has 2 aromatic carbocycles. The molecule has 0 bridgehead atoms. The molecule has 144 valence electrons. The van der Waals surface area contributed by atoms with Crippen molar-refractivity contribution in [1.82, 2.24) is 14.8 Å². The minimum atomic E-state index is 0.772. The number of piperazine rings is 1. The minimum Gasteiger partial charge on any atom is -0.368 e. The molecule has 1 saturated heterocycles. The predicted octanol–water partition coefficient (Wildman–Crippen LogP) is 4.30. The van der Waals surface area contributed by atoms with Crippen LogP contribution in [0.4, 0.5) is 5.69 Å². The van der Waals surface area contributed by atoms with Crippen LogP contribution in [0.25, 0.3) is 5.69 Å². The summed E-state index contributed by atoms with van der Waals surface area (Å²) in [4.78, 5) is 2.37. The van der Waals surface area contributed by atoms with E-state index in [0.717, 1.165) is 53.8 Å². The third kappa shape index (κ3) is 3.90. The van der Waals surface area contributed by atoms with Crippen LogP contribution in [0.1, 0.15) is 17.0 Å². The van der Waals surface area contributed by atoms with Gasteiger partial charge in [-0.25, -0.2) is 4.68 Å². The second-order valence-corrected chi connectivity index (χ2v) is 7.43. The summed E-state index contributed by atoms with van der Waals surface area (Å²) < 4.78 is 1.98. The van der Waals surface area contributed by atoms with E-state index in [0.29, 0.717) is 0 Å². The summed E-state index contributed by atoms with van der Waals surface area (Å²) in [5.74, 6) is 0. The molecular weight excluding hydrogens is 370 g/mol. The SMILES string of the molecule is Cc1nn(-c2ccccc2)c(C)c1C=NN1CCN(c2ccc(Cl)cc2)CC1. The first-order chi connectivity index (χ1) is 13.6. The van der Waals surface area contributed by atoms with E-state index >= 15 is 0 Å². The first-order valence-electron chi connectivity index (χ1n) is 9.53. The molecule has 1 aliphatic rings. The Kier molecular flexibility index (Phi) is 5.35. The second kappa shape index (κ2) is 8.07. The van der Waals surface area contributed by atoms with Gasteiger partial charge in [0, 0.05) is 29.4 Å². The van der Waals surface area contributed by atoms with Crippen molar-refractivity contribution in [2.45, 2.75) is 13.8 Å². The van der Waals surface area contributed by atoms with Crippen molar-refractivity contribution in [3.63, 3.8) is 0 Å². The number of hydrazone groups is 1. The molecule has 0 saturated carbocycles. The van der Waals surface area contributed by atoms with Crippen molar-refractivity contribution < 1.29 is 0 Å². The molecule has 0 spiro atoms. The van der Waals surface area contributed by atoms with Gasteiger partial charge < -0.3 is 4.90 Å². The Balaban J connectivity index is 1.43. The number of rotatable bonds is 4. The van der Waals surface area contributed by atoms with Crippen molar-refractivity contribution in [2.24, 2.45) is 5.10 Å². The fourth-order valence-corrected chi connectivity index (χ4v) is 3.65. The van der Waals surface area contributed by atoms with Gasteiger partial charge in [0.05, 0.1) is 36.4 Å². The number of nitrogens with zero attached hydrogens (tertiary/aromatic N) is 5. The molecule has 1 aliphatic heterocycles. The molecule has 1 fully saturated rings. The normalized spacial score (nSPS) is 14.8. The van der Waals surface area contributed by atoms with Gasteiger partial charge in [0.25, 0.3) is 0 Å². The number of benzene rings is 2. The molecule has 0 aliphatic carbocycles. The van der Waals surface area contributed by atoms with Crippen LogP contribution in [0.15, 0.2) is 59.7 Å². The minimum absolute atomic E-state index is 0.772. The average Bonchev–Trinajstić information content (AvgIpc) is 3.02. The fraction of sp³-hybridized carbons (Fsp3) is 0.273. The van der Waals surface area contributed by atoms with Crippen molar-refractivity contribution in [3.05, 3.63) is 76.6 Å². The number of hydrogen-bond acceptors (Lipinski definition) is 4. The van der Waals surface area contributed by atoms with Crippen molar-refractivity contribution >= 4 is 23.5 Å². The molecule has 4 rings (SSSR count). The van der Waals surface area contributed by atoms with Crippen molar-refractivity contribution in [2.75, 3.05) is 31.1 Å². The molecule has 0 unspecified atom stereocenters. The molecule has 0 radical (unpaired) electrons. The Morgan fingerprint density at radius 2 is 1.57 bits per heavy atom. The summed E-state index contributed by atoms with van der Waals surface area (Å²) in [5, 5.41) is 12.3. The zero-order chi connectivity index (χ0) is 19.5. The third-order valence-corrected chi connectivity index (χ3v) is 5.40. The van der Waals surface area contributed by atoms with Crippen molar-refractivity contribution in [3.8, 4) is 5.69 Å². The molecule has 5 nitrogen and oxygen atoms in total. The maximum atomic E-state index is 5.99. The molecule has 6 heteroatoms. The average molecular weight is 394 g/mol. The largest absolute Gasteiger partial charge is 0.368 e. The summed E-state index contributed by atoms with van der Waals surface area (Å²) in [5.41, 5.74) is 5.46. The number of aryl methyl sites for hydroxylation is 1.